The fourth-order valence-corrected chi connectivity index (χ4v) is 1.55. The second-order valence-electron chi connectivity index (χ2n) is 4.82. The number of rotatable bonds is 6. The van der Waals surface area contributed by atoms with Crippen LogP contribution < -0.4 is 5.32 Å². The minimum absolute atomic E-state index is 0.254. The molecule has 6 heteroatoms. The summed E-state index contributed by atoms with van der Waals surface area (Å²) < 4.78 is 0. The summed E-state index contributed by atoms with van der Waals surface area (Å²) in [7, 11) is 0. The number of hydrogen-bond donors (Lipinski definition) is 3. The first-order valence-electron chi connectivity index (χ1n) is 5.87. The number of nitrogens with one attached hydrogen (secondary N) is 1. The van der Waals surface area contributed by atoms with Crippen LogP contribution in [0.1, 0.15) is 26.7 Å². The maximum absolute atomic E-state index is 11.8. The highest BCUT2D eigenvalue weighted by molar-refractivity contribution is 5.77. The normalized spacial score (nSPS) is 16.7. The maximum atomic E-state index is 11.8. The van der Waals surface area contributed by atoms with Gasteiger partial charge in [0.25, 0.3) is 0 Å². The fourth-order valence-electron chi connectivity index (χ4n) is 1.55. The molecule has 0 bridgehead atoms. The Labute approximate surface area is 101 Å². The van der Waals surface area contributed by atoms with Crippen molar-refractivity contribution in [1.82, 2.24) is 10.2 Å². The first-order chi connectivity index (χ1) is 7.91. The Morgan fingerprint density at radius 2 is 2.00 bits per heavy atom. The molecule has 0 saturated heterocycles. The van der Waals surface area contributed by atoms with Crippen LogP contribution in [0.2, 0.25) is 0 Å². The minimum atomic E-state index is -1.54. The average Bonchev–Trinajstić information content (AvgIpc) is 3.05. The van der Waals surface area contributed by atoms with E-state index in [9.17, 15) is 9.59 Å². The zero-order chi connectivity index (χ0) is 13.0. The highest BCUT2D eigenvalue weighted by Crippen LogP contribution is 2.27. The van der Waals surface area contributed by atoms with Crippen molar-refractivity contribution >= 4 is 12.0 Å². The summed E-state index contributed by atoms with van der Waals surface area (Å²) in [5, 5.41) is 20.0. The lowest BCUT2D eigenvalue weighted by Crippen LogP contribution is -2.46. The molecule has 1 rings (SSSR count). The number of carboxylic acids is 1. The molecule has 1 aliphatic carbocycles. The predicted octanol–water partition coefficient (Wildman–Crippen LogP) is 0.262. The van der Waals surface area contributed by atoms with Gasteiger partial charge in [-0.15, -0.1) is 0 Å². The van der Waals surface area contributed by atoms with Gasteiger partial charge in [0.15, 0.2) is 6.10 Å². The van der Waals surface area contributed by atoms with E-state index in [1.165, 1.54) is 0 Å². The van der Waals surface area contributed by atoms with Crippen molar-refractivity contribution in [3.63, 3.8) is 0 Å². The first-order valence-corrected chi connectivity index (χ1v) is 5.87. The third-order valence-electron chi connectivity index (χ3n) is 2.54. The molecule has 1 fully saturated rings. The van der Waals surface area contributed by atoms with Gasteiger partial charge in [-0.05, 0) is 18.8 Å². The summed E-state index contributed by atoms with van der Waals surface area (Å²) in [6.07, 6.45) is 0.461. The van der Waals surface area contributed by atoms with Crippen molar-refractivity contribution in [3.8, 4) is 0 Å². The Bertz CT molecular complexity index is 289. The van der Waals surface area contributed by atoms with Gasteiger partial charge in [0.2, 0.25) is 0 Å². The molecule has 0 heterocycles. The molecule has 2 amide bonds. The molecule has 0 spiro atoms. The maximum Gasteiger partial charge on any atom is 0.334 e. The fraction of sp³-hybridized carbons (Fsp3) is 0.818. The third-order valence-corrected chi connectivity index (χ3v) is 2.54. The Morgan fingerprint density at radius 3 is 2.41 bits per heavy atom. The lowest BCUT2D eigenvalue weighted by molar-refractivity contribution is -0.146. The van der Waals surface area contributed by atoms with Gasteiger partial charge >= 0.3 is 12.0 Å². The quantitative estimate of drug-likeness (QED) is 0.625. The molecular formula is C11H20N2O4. The van der Waals surface area contributed by atoms with Gasteiger partial charge in [0.1, 0.15) is 0 Å². The van der Waals surface area contributed by atoms with Gasteiger partial charge in [-0.1, -0.05) is 13.8 Å². The molecule has 0 aromatic heterocycles. The van der Waals surface area contributed by atoms with Crippen LogP contribution in [0.5, 0.6) is 0 Å². The molecule has 0 radical (unpaired) electrons. The van der Waals surface area contributed by atoms with Crippen LogP contribution in [-0.4, -0.2) is 52.3 Å². The first kappa shape index (κ1) is 13.8. The zero-order valence-electron chi connectivity index (χ0n) is 10.2. The molecule has 1 saturated carbocycles. The molecule has 0 aromatic rings. The number of nitrogens with zero attached hydrogens (tertiary/aromatic N) is 1. The van der Waals surface area contributed by atoms with E-state index in [1.807, 2.05) is 13.8 Å². The Morgan fingerprint density at radius 1 is 1.41 bits per heavy atom. The molecule has 1 atom stereocenters. The second-order valence-corrected chi connectivity index (χ2v) is 4.82. The summed E-state index contributed by atoms with van der Waals surface area (Å²) in [6.45, 7) is 4.44. The highest BCUT2D eigenvalue weighted by atomic mass is 16.4. The van der Waals surface area contributed by atoms with Crippen molar-refractivity contribution in [2.24, 2.45) is 5.92 Å². The second kappa shape index (κ2) is 5.86. The van der Waals surface area contributed by atoms with E-state index in [-0.39, 0.29) is 18.6 Å². The highest BCUT2D eigenvalue weighted by Gasteiger charge is 2.33. The number of carboxylic acid groups (broad SMARTS) is 1. The van der Waals surface area contributed by atoms with Crippen LogP contribution in [0.15, 0.2) is 0 Å². The number of aliphatic hydroxyl groups is 1. The third kappa shape index (κ3) is 4.60. The average molecular weight is 244 g/mol. The summed E-state index contributed by atoms with van der Waals surface area (Å²) in [5.41, 5.74) is 0. The minimum Gasteiger partial charge on any atom is -0.479 e. The number of urea groups is 1. The van der Waals surface area contributed by atoms with Crippen molar-refractivity contribution in [1.29, 1.82) is 0 Å². The van der Waals surface area contributed by atoms with Crippen LogP contribution >= 0.6 is 0 Å². The number of amides is 2. The van der Waals surface area contributed by atoms with Gasteiger partial charge in [0.05, 0.1) is 6.54 Å². The zero-order valence-corrected chi connectivity index (χ0v) is 10.2. The summed E-state index contributed by atoms with van der Waals surface area (Å²) in [5.74, 6) is -0.960. The van der Waals surface area contributed by atoms with Crippen molar-refractivity contribution in [2.75, 3.05) is 13.1 Å². The molecule has 0 aromatic carbocycles. The topological polar surface area (TPSA) is 89.9 Å². The standard InChI is InChI=1S/C11H20N2O4/c1-7(2)6-13(8-3-4-8)11(17)12-5-9(14)10(15)16/h7-9,14H,3-6H2,1-2H3,(H,12,17)(H,15,16)/t9-/m0/s1. The van der Waals surface area contributed by atoms with E-state index in [4.69, 9.17) is 10.2 Å². The van der Waals surface area contributed by atoms with E-state index in [0.717, 1.165) is 12.8 Å². The van der Waals surface area contributed by atoms with E-state index in [1.54, 1.807) is 4.90 Å². The number of carbonyl (C=O) groups is 2. The Hall–Kier alpha value is -1.30. The number of aliphatic carboxylic acids is 1. The van der Waals surface area contributed by atoms with Gasteiger partial charge < -0.3 is 20.4 Å². The monoisotopic (exact) mass is 244 g/mol. The Balaban J connectivity index is 2.40. The van der Waals surface area contributed by atoms with E-state index in [0.29, 0.717) is 12.5 Å². The van der Waals surface area contributed by atoms with Gasteiger partial charge in [-0.25, -0.2) is 9.59 Å². The summed E-state index contributed by atoms with van der Waals surface area (Å²) in [4.78, 5) is 23.9. The molecule has 1 aliphatic rings. The summed E-state index contributed by atoms with van der Waals surface area (Å²) >= 11 is 0. The molecule has 0 unspecified atom stereocenters. The predicted molar refractivity (Wildman–Crippen MR) is 61.6 cm³/mol. The molecule has 98 valence electrons. The van der Waals surface area contributed by atoms with Crippen molar-refractivity contribution in [2.45, 2.75) is 38.8 Å². The van der Waals surface area contributed by atoms with Gasteiger partial charge in [-0.2, -0.15) is 0 Å². The van der Waals surface area contributed by atoms with Crippen LogP contribution in [0, 0.1) is 5.92 Å². The van der Waals surface area contributed by atoms with Crippen LogP contribution in [0.4, 0.5) is 4.79 Å². The van der Waals surface area contributed by atoms with Crippen LogP contribution in [0.25, 0.3) is 0 Å². The molecule has 3 N–H and O–H groups in total. The molecule has 17 heavy (non-hydrogen) atoms. The largest absolute Gasteiger partial charge is 0.479 e. The number of aliphatic hydroxyl groups excluding tert-OH is 1. The smallest absolute Gasteiger partial charge is 0.334 e. The van der Waals surface area contributed by atoms with Crippen LogP contribution in [0.3, 0.4) is 0 Å². The van der Waals surface area contributed by atoms with Gasteiger partial charge in [0, 0.05) is 12.6 Å². The SMILES string of the molecule is CC(C)CN(C(=O)NC[C@H](O)C(=O)O)C1CC1. The lowest BCUT2D eigenvalue weighted by atomic mass is 10.2. The van der Waals surface area contributed by atoms with Crippen molar-refractivity contribution in [3.05, 3.63) is 0 Å². The number of carbonyl (C=O) groups excluding carboxylic acids is 1. The molecule has 0 aliphatic heterocycles. The molecule has 6 nitrogen and oxygen atoms in total. The lowest BCUT2D eigenvalue weighted by Gasteiger charge is -2.25. The van der Waals surface area contributed by atoms with E-state index >= 15 is 0 Å². The molecular weight excluding hydrogens is 224 g/mol. The van der Waals surface area contributed by atoms with Crippen LogP contribution in [-0.2, 0) is 4.79 Å². The van der Waals surface area contributed by atoms with E-state index in [2.05, 4.69) is 5.32 Å². The Kier molecular flexibility index (Phi) is 4.74. The summed E-state index contributed by atoms with van der Waals surface area (Å²) in [6, 6.07) is -0.0131. The number of hydrogen-bond acceptors (Lipinski definition) is 3. The van der Waals surface area contributed by atoms with Crippen molar-refractivity contribution < 1.29 is 19.8 Å². The van der Waals surface area contributed by atoms with E-state index < -0.39 is 12.1 Å². The van der Waals surface area contributed by atoms with Gasteiger partial charge in [-0.3, -0.25) is 0 Å².